The topological polar surface area (TPSA) is 67.8 Å². The Kier molecular flexibility index (Phi) is 5.56. The number of nitrogens with zero attached hydrogens (tertiary/aromatic N) is 4. The zero-order chi connectivity index (χ0) is 20.5. The molecule has 154 valence electrons. The SMILES string of the molecule is CN(C)C(=O)Oc1cccc2sc3ncnc(OC4CCC(N(C)C)CC4)c3c12. The average molecular weight is 415 g/mol. The van der Waals surface area contributed by atoms with Crippen LogP contribution in [-0.4, -0.2) is 66.2 Å². The quantitative estimate of drug-likeness (QED) is 0.639. The molecule has 4 rings (SSSR count). The lowest BCUT2D eigenvalue weighted by Gasteiger charge is -2.32. The Labute approximate surface area is 174 Å². The van der Waals surface area contributed by atoms with Crippen molar-refractivity contribution in [3.8, 4) is 11.6 Å². The summed E-state index contributed by atoms with van der Waals surface area (Å²) in [5.74, 6) is 1.08. The van der Waals surface area contributed by atoms with E-state index in [1.165, 1.54) is 4.90 Å². The number of fused-ring (bicyclic) bond motifs is 3. The van der Waals surface area contributed by atoms with Crippen LogP contribution in [0.3, 0.4) is 0 Å². The molecule has 1 aliphatic carbocycles. The molecule has 1 aromatic carbocycles. The summed E-state index contributed by atoms with van der Waals surface area (Å²) < 4.78 is 13.0. The maximum atomic E-state index is 12.1. The van der Waals surface area contributed by atoms with Gasteiger partial charge in [-0.2, -0.15) is 0 Å². The number of benzene rings is 1. The fraction of sp³-hybridized carbons (Fsp3) is 0.476. The highest BCUT2D eigenvalue weighted by atomic mass is 32.1. The Balaban J connectivity index is 1.69. The van der Waals surface area contributed by atoms with Gasteiger partial charge in [-0.3, -0.25) is 0 Å². The number of carbonyl (C=O) groups excluding carboxylic acids is 1. The zero-order valence-electron chi connectivity index (χ0n) is 17.2. The smallest absolute Gasteiger partial charge is 0.414 e. The van der Waals surface area contributed by atoms with Crippen LogP contribution in [0.2, 0.25) is 0 Å². The van der Waals surface area contributed by atoms with E-state index in [2.05, 4.69) is 29.0 Å². The van der Waals surface area contributed by atoms with E-state index in [9.17, 15) is 4.79 Å². The van der Waals surface area contributed by atoms with E-state index in [1.807, 2.05) is 12.1 Å². The third-order valence-electron chi connectivity index (χ3n) is 5.44. The van der Waals surface area contributed by atoms with Crippen LogP contribution in [-0.2, 0) is 0 Å². The fourth-order valence-electron chi connectivity index (χ4n) is 3.79. The van der Waals surface area contributed by atoms with Gasteiger partial charge in [0.15, 0.2) is 0 Å². The fourth-order valence-corrected chi connectivity index (χ4v) is 4.84. The Bertz CT molecular complexity index is 1030. The van der Waals surface area contributed by atoms with Gasteiger partial charge in [0.05, 0.1) is 10.8 Å². The van der Waals surface area contributed by atoms with E-state index in [4.69, 9.17) is 9.47 Å². The molecule has 1 saturated carbocycles. The van der Waals surface area contributed by atoms with Crippen molar-refractivity contribution in [2.75, 3.05) is 28.2 Å². The third-order valence-corrected chi connectivity index (χ3v) is 6.50. The van der Waals surface area contributed by atoms with Gasteiger partial charge in [0.25, 0.3) is 0 Å². The molecular formula is C21H26N4O3S. The van der Waals surface area contributed by atoms with Crippen molar-refractivity contribution >= 4 is 37.7 Å². The van der Waals surface area contributed by atoms with Crippen LogP contribution in [0.25, 0.3) is 20.3 Å². The molecule has 0 spiro atoms. The maximum Gasteiger partial charge on any atom is 0.414 e. The molecule has 1 amide bonds. The molecule has 29 heavy (non-hydrogen) atoms. The Morgan fingerprint density at radius 1 is 1.07 bits per heavy atom. The molecule has 0 atom stereocenters. The summed E-state index contributed by atoms with van der Waals surface area (Å²) in [6, 6.07) is 6.29. The molecule has 7 nitrogen and oxygen atoms in total. The van der Waals surface area contributed by atoms with E-state index >= 15 is 0 Å². The van der Waals surface area contributed by atoms with Crippen molar-refractivity contribution < 1.29 is 14.3 Å². The van der Waals surface area contributed by atoms with Crippen molar-refractivity contribution in [3.63, 3.8) is 0 Å². The molecule has 8 heteroatoms. The second kappa shape index (κ2) is 8.12. The van der Waals surface area contributed by atoms with E-state index in [0.29, 0.717) is 17.7 Å². The Hall–Kier alpha value is -2.45. The molecule has 0 bridgehead atoms. The summed E-state index contributed by atoms with van der Waals surface area (Å²) in [4.78, 5) is 25.5. The van der Waals surface area contributed by atoms with Gasteiger partial charge in [-0.05, 0) is 51.9 Å². The molecule has 1 aliphatic rings. The summed E-state index contributed by atoms with van der Waals surface area (Å²) >= 11 is 1.55. The number of hydrogen-bond donors (Lipinski definition) is 0. The largest absolute Gasteiger partial charge is 0.474 e. The van der Waals surface area contributed by atoms with Gasteiger partial charge in [-0.25, -0.2) is 14.8 Å². The monoisotopic (exact) mass is 414 g/mol. The van der Waals surface area contributed by atoms with Crippen molar-refractivity contribution in [2.45, 2.75) is 37.8 Å². The molecule has 0 radical (unpaired) electrons. The summed E-state index contributed by atoms with van der Waals surface area (Å²) in [5.41, 5.74) is 0. The molecule has 0 aliphatic heterocycles. The number of thiophene rings is 1. The minimum absolute atomic E-state index is 0.135. The Morgan fingerprint density at radius 3 is 2.52 bits per heavy atom. The first kappa shape index (κ1) is 19.8. The summed E-state index contributed by atoms with van der Waals surface area (Å²) in [5, 5.41) is 1.66. The van der Waals surface area contributed by atoms with Gasteiger partial charge >= 0.3 is 6.09 Å². The number of ether oxygens (including phenoxy) is 2. The van der Waals surface area contributed by atoms with Crippen LogP contribution in [0.15, 0.2) is 24.5 Å². The van der Waals surface area contributed by atoms with E-state index in [1.54, 1.807) is 37.8 Å². The van der Waals surface area contributed by atoms with Crippen LogP contribution in [0.1, 0.15) is 25.7 Å². The van der Waals surface area contributed by atoms with Crippen LogP contribution in [0, 0.1) is 0 Å². The summed E-state index contributed by atoms with van der Waals surface area (Å²) in [6.45, 7) is 0. The normalized spacial score (nSPS) is 19.6. The lowest BCUT2D eigenvalue weighted by molar-refractivity contribution is 0.108. The molecule has 3 aromatic rings. The lowest BCUT2D eigenvalue weighted by Crippen LogP contribution is -2.35. The average Bonchev–Trinajstić information content (AvgIpc) is 3.09. The predicted molar refractivity (Wildman–Crippen MR) is 115 cm³/mol. The molecule has 2 aromatic heterocycles. The van der Waals surface area contributed by atoms with Crippen molar-refractivity contribution in [3.05, 3.63) is 24.5 Å². The number of hydrogen-bond acceptors (Lipinski definition) is 7. The molecule has 2 heterocycles. The molecule has 0 unspecified atom stereocenters. The minimum atomic E-state index is -0.418. The van der Waals surface area contributed by atoms with Gasteiger partial charge in [0.1, 0.15) is 23.0 Å². The molecule has 0 saturated heterocycles. The third kappa shape index (κ3) is 4.00. The van der Waals surface area contributed by atoms with Crippen molar-refractivity contribution in [2.24, 2.45) is 0 Å². The predicted octanol–water partition coefficient (Wildman–Crippen LogP) is 4.16. The first-order valence-corrected chi connectivity index (χ1v) is 10.6. The van der Waals surface area contributed by atoms with E-state index < -0.39 is 6.09 Å². The zero-order valence-corrected chi connectivity index (χ0v) is 18.0. The van der Waals surface area contributed by atoms with E-state index in [-0.39, 0.29) is 6.10 Å². The van der Waals surface area contributed by atoms with Crippen molar-refractivity contribution in [1.29, 1.82) is 0 Å². The lowest BCUT2D eigenvalue weighted by atomic mass is 9.92. The maximum absolute atomic E-state index is 12.1. The van der Waals surface area contributed by atoms with Crippen LogP contribution in [0.4, 0.5) is 4.79 Å². The van der Waals surface area contributed by atoms with Crippen LogP contribution in [0.5, 0.6) is 11.6 Å². The second-order valence-corrected chi connectivity index (χ2v) is 8.90. The van der Waals surface area contributed by atoms with Gasteiger partial charge < -0.3 is 19.3 Å². The first-order chi connectivity index (χ1) is 13.9. The minimum Gasteiger partial charge on any atom is -0.474 e. The summed E-state index contributed by atoms with van der Waals surface area (Å²) in [6.07, 6.45) is 5.49. The molecular weight excluding hydrogens is 388 g/mol. The number of amides is 1. The summed E-state index contributed by atoms with van der Waals surface area (Å²) in [7, 11) is 7.59. The van der Waals surface area contributed by atoms with E-state index in [0.717, 1.165) is 46.0 Å². The first-order valence-electron chi connectivity index (χ1n) is 9.82. The van der Waals surface area contributed by atoms with Gasteiger partial charge in [0.2, 0.25) is 5.88 Å². The number of aromatic nitrogens is 2. The standard InChI is InChI=1S/C21H26N4O3S/c1-24(2)13-8-10-14(11-9-13)27-19-18-17-15(28-21(26)25(3)4)6-5-7-16(17)29-20(18)23-12-22-19/h5-7,12-14H,8-11H2,1-4H3. The van der Waals surface area contributed by atoms with Gasteiger partial charge in [-0.15, -0.1) is 11.3 Å². The molecule has 0 N–H and O–H groups in total. The highest BCUT2D eigenvalue weighted by Crippen LogP contribution is 2.42. The van der Waals surface area contributed by atoms with Crippen LogP contribution < -0.4 is 9.47 Å². The highest BCUT2D eigenvalue weighted by Gasteiger charge is 2.26. The van der Waals surface area contributed by atoms with Gasteiger partial charge in [0, 0.05) is 24.8 Å². The second-order valence-electron chi connectivity index (χ2n) is 7.86. The highest BCUT2D eigenvalue weighted by molar-refractivity contribution is 7.25. The molecule has 1 fully saturated rings. The number of carbonyl (C=O) groups is 1. The number of rotatable bonds is 4. The Morgan fingerprint density at radius 2 is 1.83 bits per heavy atom. The van der Waals surface area contributed by atoms with Gasteiger partial charge in [-0.1, -0.05) is 6.07 Å². The van der Waals surface area contributed by atoms with Crippen molar-refractivity contribution in [1.82, 2.24) is 19.8 Å². The van der Waals surface area contributed by atoms with Crippen LogP contribution >= 0.6 is 11.3 Å².